The van der Waals surface area contributed by atoms with Crippen LogP contribution in [0, 0.1) is 5.82 Å². The average Bonchev–Trinajstić information content (AvgIpc) is 2.38. The van der Waals surface area contributed by atoms with Crippen LogP contribution in [0.4, 0.5) is 4.39 Å². The highest BCUT2D eigenvalue weighted by atomic mass is 35.5. The Morgan fingerprint density at radius 3 is 2.63 bits per heavy atom. The van der Waals surface area contributed by atoms with Gasteiger partial charge in [-0.2, -0.15) is 0 Å². The van der Waals surface area contributed by atoms with Crippen molar-refractivity contribution in [2.45, 2.75) is 6.54 Å². The minimum atomic E-state index is -0.521. The molecule has 1 aromatic carbocycles. The Balaban J connectivity index is 2.52. The van der Waals surface area contributed by atoms with Gasteiger partial charge in [0, 0.05) is 22.3 Å². The van der Waals surface area contributed by atoms with E-state index in [4.69, 9.17) is 23.2 Å². The zero-order valence-corrected chi connectivity index (χ0v) is 11.1. The third kappa shape index (κ3) is 2.85. The first-order valence-electron chi connectivity index (χ1n) is 5.31. The lowest BCUT2D eigenvalue weighted by molar-refractivity contribution is 0.112. The molecular formula is C13H8Cl2FNO2. The van der Waals surface area contributed by atoms with E-state index in [1.54, 1.807) is 0 Å². The first kappa shape index (κ1) is 13.8. The number of nitrogens with zero attached hydrogens (tertiary/aromatic N) is 1. The molecular weight excluding hydrogens is 292 g/mol. The van der Waals surface area contributed by atoms with Gasteiger partial charge in [0.25, 0.3) is 5.56 Å². The topological polar surface area (TPSA) is 39.1 Å². The quantitative estimate of drug-likeness (QED) is 0.817. The van der Waals surface area contributed by atoms with E-state index in [0.29, 0.717) is 6.29 Å². The molecule has 0 saturated carbocycles. The second kappa shape index (κ2) is 5.55. The number of hydrogen-bond acceptors (Lipinski definition) is 2. The lowest BCUT2D eigenvalue weighted by Gasteiger charge is -2.09. The summed E-state index contributed by atoms with van der Waals surface area (Å²) in [5.74, 6) is -0.521. The molecule has 98 valence electrons. The van der Waals surface area contributed by atoms with Crippen LogP contribution in [0.3, 0.4) is 0 Å². The van der Waals surface area contributed by atoms with E-state index < -0.39 is 11.4 Å². The average molecular weight is 300 g/mol. The molecule has 0 radical (unpaired) electrons. The summed E-state index contributed by atoms with van der Waals surface area (Å²) in [5.41, 5.74) is -0.103. The zero-order valence-electron chi connectivity index (χ0n) is 9.57. The number of carbonyl (C=O) groups excluding carboxylic acids is 1. The number of rotatable bonds is 3. The Bertz CT molecular complexity index is 677. The van der Waals surface area contributed by atoms with Gasteiger partial charge in [0.2, 0.25) is 0 Å². The molecule has 0 aliphatic rings. The molecule has 2 rings (SSSR count). The summed E-state index contributed by atoms with van der Waals surface area (Å²) in [6.07, 6.45) is 1.87. The van der Waals surface area contributed by atoms with Gasteiger partial charge in [0.1, 0.15) is 10.8 Å². The lowest BCUT2D eigenvalue weighted by atomic mass is 10.2. The molecule has 6 heteroatoms. The maximum absolute atomic E-state index is 13.6. The van der Waals surface area contributed by atoms with Crippen molar-refractivity contribution in [3.63, 3.8) is 0 Å². The molecule has 0 spiro atoms. The van der Waals surface area contributed by atoms with Gasteiger partial charge in [-0.05, 0) is 18.2 Å². The van der Waals surface area contributed by atoms with Gasteiger partial charge in [-0.25, -0.2) is 4.39 Å². The number of aromatic nitrogens is 1. The first-order valence-corrected chi connectivity index (χ1v) is 6.06. The van der Waals surface area contributed by atoms with E-state index in [-0.39, 0.29) is 27.7 Å². The summed E-state index contributed by atoms with van der Waals surface area (Å²) in [5, 5.41) is 0.108. The van der Waals surface area contributed by atoms with E-state index in [9.17, 15) is 14.0 Å². The molecule has 2 aromatic rings. The van der Waals surface area contributed by atoms with Gasteiger partial charge in [-0.15, -0.1) is 0 Å². The minimum Gasteiger partial charge on any atom is -0.309 e. The zero-order chi connectivity index (χ0) is 14.0. The first-order chi connectivity index (χ1) is 9.02. The van der Waals surface area contributed by atoms with Crippen molar-refractivity contribution in [2.24, 2.45) is 0 Å². The summed E-state index contributed by atoms with van der Waals surface area (Å²) < 4.78 is 14.8. The molecule has 0 N–H and O–H groups in total. The predicted octanol–water partition coefficient (Wildman–Crippen LogP) is 3.16. The molecule has 0 amide bonds. The third-order valence-corrected chi connectivity index (χ3v) is 3.21. The summed E-state index contributed by atoms with van der Waals surface area (Å²) in [6, 6.07) is 5.50. The van der Waals surface area contributed by atoms with Crippen molar-refractivity contribution >= 4 is 29.5 Å². The molecule has 1 heterocycles. The SMILES string of the molecule is O=Cc1cc(Cl)c(=O)n(Cc2c(F)cccc2Cl)c1. The number of carbonyl (C=O) groups is 1. The maximum atomic E-state index is 13.6. The number of halogens is 3. The van der Waals surface area contributed by atoms with Crippen molar-refractivity contribution in [1.82, 2.24) is 4.57 Å². The van der Waals surface area contributed by atoms with E-state index in [1.807, 2.05) is 0 Å². The monoisotopic (exact) mass is 299 g/mol. The number of hydrogen-bond donors (Lipinski definition) is 0. The van der Waals surface area contributed by atoms with Crippen LogP contribution in [0.1, 0.15) is 15.9 Å². The van der Waals surface area contributed by atoms with E-state index in [2.05, 4.69) is 0 Å². The molecule has 0 atom stereocenters. The minimum absolute atomic E-state index is 0.0915. The predicted molar refractivity (Wildman–Crippen MR) is 71.6 cm³/mol. The smallest absolute Gasteiger partial charge is 0.269 e. The van der Waals surface area contributed by atoms with Crippen LogP contribution in [0.5, 0.6) is 0 Å². The van der Waals surface area contributed by atoms with Crippen molar-refractivity contribution in [2.75, 3.05) is 0 Å². The van der Waals surface area contributed by atoms with Crippen LogP contribution in [-0.4, -0.2) is 10.9 Å². The number of aldehydes is 1. The Hall–Kier alpha value is -1.65. The fraction of sp³-hybridized carbons (Fsp3) is 0.0769. The van der Waals surface area contributed by atoms with Crippen LogP contribution in [0.25, 0.3) is 0 Å². The molecule has 0 aliphatic heterocycles. The van der Waals surface area contributed by atoms with E-state index in [0.717, 1.165) is 4.57 Å². The van der Waals surface area contributed by atoms with Crippen LogP contribution >= 0.6 is 23.2 Å². The molecule has 0 fully saturated rings. The van der Waals surface area contributed by atoms with E-state index in [1.165, 1.54) is 30.5 Å². The van der Waals surface area contributed by atoms with Crippen molar-refractivity contribution in [3.8, 4) is 0 Å². The highest BCUT2D eigenvalue weighted by Crippen LogP contribution is 2.20. The number of benzene rings is 1. The summed E-state index contributed by atoms with van der Waals surface area (Å²) in [6.45, 7) is -0.0915. The fourth-order valence-corrected chi connectivity index (χ4v) is 2.11. The second-order valence-corrected chi connectivity index (χ2v) is 4.69. The summed E-state index contributed by atoms with van der Waals surface area (Å²) in [4.78, 5) is 22.5. The third-order valence-electron chi connectivity index (χ3n) is 2.59. The standard InChI is InChI=1S/C13H8Cl2FNO2/c14-10-2-1-3-12(16)9(10)6-17-5-8(7-18)4-11(15)13(17)19/h1-5,7H,6H2. The van der Waals surface area contributed by atoms with Crippen molar-refractivity contribution < 1.29 is 9.18 Å². The van der Waals surface area contributed by atoms with Gasteiger partial charge >= 0.3 is 0 Å². The van der Waals surface area contributed by atoms with Crippen LogP contribution < -0.4 is 5.56 Å². The van der Waals surface area contributed by atoms with Crippen molar-refractivity contribution in [3.05, 3.63) is 67.8 Å². The Kier molecular flexibility index (Phi) is 4.02. The molecule has 1 aromatic heterocycles. The lowest BCUT2D eigenvalue weighted by Crippen LogP contribution is -2.22. The Labute approximate surface area is 118 Å². The molecule has 19 heavy (non-hydrogen) atoms. The van der Waals surface area contributed by atoms with E-state index >= 15 is 0 Å². The largest absolute Gasteiger partial charge is 0.309 e. The highest BCUT2D eigenvalue weighted by Gasteiger charge is 2.10. The fourth-order valence-electron chi connectivity index (χ4n) is 1.66. The van der Waals surface area contributed by atoms with Gasteiger partial charge < -0.3 is 4.57 Å². The van der Waals surface area contributed by atoms with Gasteiger partial charge in [0.05, 0.1) is 6.54 Å². The molecule has 0 saturated heterocycles. The second-order valence-electron chi connectivity index (χ2n) is 3.87. The number of pyridine rings is 1. The Morgan fingerprint density at radius 1 is 1.26 bits per heavy atom. The van der Waals surface area contributed by atoms with Gasteiger partial charge in [0.15, 0.2) is 6.29 Å². The molecule has 0 bridgehead atoms. The molecule has 0 unspecified atom stereocenters. The Morgan fingerprint density at radius 2 is 2.00 bits per heavy atom. The highest BCUT2D eigenvalue weighted by molar-refractivity contribution is 6.31. The van der Waals surface area contributed by atoms with Crippen molar-refractivity contribution in [1.29, 1.82) is 0 Å². The van der Waals surface area contributed by atoms with Gasteiger partial charge in [-0.3, -0.25) is 9.59 Å². The maximum Gasteiger partial charge on any atom is 0.269 e. The summed E-state index contributed by atoms with van der Waals surface area (Å²) in [7, 11) is 0. The van der Waals surface area contributed by atoms with Crippen LogP contribution in [0.2, 0.25) is 10.0 Å². The normalized spacial score (nSPS) is 10.5. The molecule has 0 aliphatic carbocycles. The summed E-state index contributed by atoms with van der Waals surface area (Å²) >= 11 is 11.6. The molecule has 3 nitrogen and oxygen atoms in total. The van der Waals surface area contributed by atoms with Gasteiger partial charge in [-0.1, -0.05) is 29.3 Å². The van der Waals surface area contributed by atoms with Crippen LogP contribution in [0.15, 0.2) is 35.3 Å². The van der Waals surface area contributed by atoms with Crippen LogP contribution in [-0.2, 0) is 6.54 Å².